The van der Waals surface area contributed by atoms with Gasteiger partial charge in [-0.25, -0.2) is 9.59 Å². The van der Waals surface area contributed by atoms with Crippen LogP contribution in [0.3, 0.4) is 0 Å². The fraction of sp³-hybridized carbons (Fsp3) is 0.438. The van der Waals surface area contributed by atoms with Crippen LogP contribution in [0.1, 0.15) is 20.3 Å². The molecule has 0 aliphatic carbocycles. The fourth-order valence-electron chi connectivity index (χ4n) is 1.10. The molecule has 22 heavy (non-hydrogen) atoms. The number of carbonyl (C=O) groups excluding carboxylic acids is 3. The quantitative estimate of drug-likeness (QED) is 0.254. The standard InChI is InChI=1S/C8H12O3.C4H6O3.C4H6/c1-2-10-8(9)7-5-3-4-6-11-7;1-2-7-4(6)3-5;1-3-4-2/h3-4,7H,2,5-6H2,1H3;3H,2H2,1H3;3-4H,1-2H2. The molecule has 124 valence electrons. The Hall–Kier alpha value is -2.21. The van der Waals surface area contributed by atoms with Gasteiger partial charge in [-0.3, -0.25) is 4.79 Å². The Morgan fingerprint density at radius 3 is 2.09 bits per heavy atom. The van der Waals surface area contributed by atoms with E-state index >= 15 is 0 Å². The summed E-state index contributed by atoms with van der Waals surface area (Å²) in [4.78, 5) is 30.3. The molecule has 0 saturated carbocycles. The van der Waals surface area contributed by atoms with Crippen molar-refractivity contribution >= 4 is 18.2 Å². The van der Waals surface area contributed by atoms with Gasteiger partial charge >= 0.3 is 11.9 Å². The summed E-state index contributed by atoms with van der Waals surface area (Å²) in [6.45, 7) is 11.3. The Bertz CT molecular complexity index is 367. The van der Waals surface area contributed by atoms with Gasteiger partial charge in [-0.05, 0) is 13.8 Å². The maximum Gasteiger partial charge on any atom is 0.371 e. The largest absolute Gasteiger partial charge is 0.464 e. The predicted molar refractivity (Wildman–Crippen MR) is 83.2 cm³/mol. The monoisotopic (exact) mass is 312 g/mol. The van der Waals surface area contributed by atoms with Crippen molar-refractivity contribution in [2.45, 2.75) is 26.4 Å². The van der Waals surface area contributed by atoms with E-state index in [4.69, 9.17) is 9.47 Å². The highest BCUT2D eigenvalue weighted by molar-refractivity contribution is 6.20. The van der Waals surface area contributed by atoms with Crippen molar-refractivity contribution < 1.29 is 28.6 Å². The van der Waals surface area contributed by atoms with E-state index in [2.05, 4.69) is 17.9 Å². The molecule has 1 aliphatic rings. The molecule has 0 radical (unpaired) electrons. The number of allylic oxidation sites excluding steroid dienone is 2. The molecule has 0 bridgehead atoms. The van der Waals surface area contributed by atoms with E-state index in [0.29, 0.717) is 19.6 Å². The number of carbonyl (C=O) groups is 3. The number of esters is 2. The normalized spacial score (nSPS) is 14.9. The molecule has 0 aromatic rings. The predicted octanol–water partition coefficient (Wildman–Crippen LogP) is 2.00. The van der Waals surface area contributed by atoms with Crippen molar-refractivity contribution in [2.24, 2.45) is 0 Å². The van der Waals surface area contributed by atoms with Crippen molar-refractivity contribution in [3.05, 3.63) is 37.5 Å². The number of ether oxygens (including phenoxy) is 3. The Morgan fingerprint density at radius 2 is 1.77 bits per heavy atom. The van der Waals surface area contributed by atoms with Gasteiger partial charge in [0, 0.05) is 6.42 Å². The third kappa shape index (κ3) is 14.2. The van der Waals surface area contributed by atoms with E-state index in [1.165, 1.54) is 0 Å². The van der Waals surface area contributed by atoms with E-state index < -0.39 is 5.97 Å². The number of rotatable bonds is 5. The lowest BCUT2D eigenvalue weighted by Gasteiger charge is -2.16. The number of hydrogen-bond donors (Lipinski definition) is 0. The lowest BCUT2D eigenvalue weighted by atomic mass is 10.2. The maximum absolute atomic E-state index is 11.0. The Labute approximate surface area is 131 Å². The van der Waals surface area contributed by atoms with Gasteiger partial charge in [0.1, 0.15) is 0 Å². The molecule has 0 amide bonds. The van der Waals surface area contributed by atoms with Crippen LogP contribution in [0.5, 0.6) is 0 Å². The third-order valence-corrected chi connectivity index (χ3v) is 2.01. The second kappa shape index (κ2) is 16.8. The molecule has 1 unspecified atom stereocenters. The van der Waals surface area contributed by atoms with Crippen molar-refractivity contribution in [2.75, 3.05) is 19.8 Å². The van der Waals surface area contributed by atoms with E-state index in [9.17, 15) is 14.4 Å². The first-order valence-corrected chi connectivity index (χ1v) is 6.85. The van der Waals surface area contributed by atoms with Crippen molar-refractivity contribution in [3.8, 4) is 0 Å². The molecule has 0 aromatic carbocycles. The first-order valence-electron chi connectivity index (χ1n) is 6.85. The van der Waals surface area contributed by atoms with Crippen LogP contribution in [0, 0.1) is 0 Å². The summed E-state index contributed by atoms with van der Waals surface area (Å²) in [5.74, 6) is -1.06. The van der Waals surface area contributed by atoms with Gasteiger partial charge in [0.15, 0.2) is 6.10 Å². The second-order valence-electron chi connectivity index (χ2n) is 3.62. The molecule has 0 aromatic heterocycles. The third-order valence-electron chi connectivity index (χ3n) is 2.01. The molecule has 0 fully saturated rings. The summed E-state index contributed by atoms with van der Waals surface area (Å²) in [5.41, 5.74) is 0. The molecular weight excluding hydrogens is 288 g/mol. The smallest absolute Gasteiger partial charge is 0.371 e. The van der Waals surface area contributed by atoms with Crippen molar-refractivity contribution in [3.63, 3.8) is 0 Å². The fourth-order valence-corrected chi connectivity index (χ4v) is 1.10. The average Bonchev–Trinajstić information content (AvgIpc) is 2.57. The zero-order valence-electron chi connectivity index (χ0n) is 13.2. The van der Waals surface area contributed by atoms with Crippen LogP contribution in [0.25, 0.3) is 0 Å². The topological polar surface area (TPSA) is 78.9 Å². The second-order valence-corrected chi connectivity index (χ2v) is 3.62. The molecule has 6 nitrogen and oxygen atoms in total. The van der Waals surface area contributed by atoms with Crippen LogP contribution in [0.15, 0.2) is 37.5 Å². The number of hydrogen-bond acceptors (Lipinski definition) is 6. The summed E-state index contributed by atoms with van der Waals surface area (Å²) in [6.07, 6.45) is 7.52. The van der Waals surface area contributed by atoms with Crippen molar-refractivity contribution in [1.82, 2.24) is 0 Å². The maximum atomic E-state index is 11.0. The minimum Gasteiger partial charge on any atom is -0.464 e. The molecular formula is C16H24O6. The van der Waals surface area contributed by atoms with Crippen LogP contribution < -0.4 is 0 Å². The lowest BCUT2D eigenvalue weighted by Crippen LogP contribution is -2.27. The van der Waals surface area contributed by atoms with Gasteiger partial charge in [-0.1, -0.05) is 37.5 Å². The molecule has 1 aliphatic heterocycles. The molecule has 0 N–H and O–H groups in total. The molecule has 0 spiro atoms. The highest BCUT2D eigenvalue weighted by Gasteiger charge is 2.19. The minimum atomic E-state index is -0.803. The summed E-state index contributed by atoms with van der Waals surface area (Å²) in [6, 6.07) is 0. The first kappa shape index (κ1) is 22.1. The summed E-state index contributed by atoms with van der Waals surface area (Å²) < 4.78 is 14.1. The SMILES string of the molecule is C=CC=C.CCOC(=O)C1CC=CCO1.CCOC(=O)C=O. The molecule has 6 heteroatoms. The zero-order valence-corrected chi connectivity index (χ0v) is 13.2. The summed E-state index contributed by atoms with van der Waals surface area (Å²) in [5, 5.41) is 0. The zero-order chi connectivity index (χ0) is 17.2. The van der Waals surface area contributed by atoms with E-state index in [1.807, 2.05) is 12.2 Å². The minimum absolute atomic E-state index is 0.142. The Kier molecular flexibility index (Phi) is 16.9. The molecule has 1 rings (SSSR count). The van der Waals surface area contributed by atoms with Gasteiger partial charge in [-0.15, -0.1) is 0 Å². The first-order chi connectivity index (χ1) is 10.6. The lowest BCUT2D eigenvalue weighted by molar-refractivity contribution is -0.156. The molecule has 1 atom stereocenters. The van der Waals surface area contributed by atoms with Gasteiger partial charge in [0.25, 0.3) is 0 Å². The van der Waals surface area contributed by atoms with Gasteiger partial charge < -0.3 is 14.2 Å². The van der Waals surface area contributed by atoms with Crippen LogP contribution in [0.4, 0.5) is 0 Å². The van der Waals surface area contributed by atoms with Crippen LogP contribution in [-0.4, -0.2) is 44.1 Å². The Morgan fingerprint density at radius 1 is 1.18 bits per heavy atom. The van der Waals surface area contributed by atoms with Crippen LogP contribution in [-0.2, 0) is 28.6 Å². The number of aldehydes is 1. The van der Waals surface area contributed by atoms with Crippen LogP contribution in [0.2, 0.25) is 0 Å². The summed E-state index contributed by atoms with van der Waals surface area (Å²) >= 11 is 0. The van der Waals surface area contributed by atoms with Crippen molar-refractivity contribution in [1.29, 1.82) is 0 Å². The average molecular weight is 312 g/mol. The summed E-state index contributed by atoms with van der Waals surface area (Å²) in [7, 11) is 0. The van der Waals surface area contributed by atoms with Gasteiger partial charge in [-0.2, -0.15) is 0 Å². The Balaban J connectivity index is 0. The molecule has 1 heterocycles. The van der Waals surface area contributed by atoms with Crippen LogP contribution >= 0.6 is 0 Å². The van der Waals surface area contributed by atoms with E-state index in [-0.39, 0.29) is 25.0 Å². The van der Waals surface area contributed by atoms with Gasteiger partial charge in [0.05, 0.1) is 19.8 Å². The highest BCUT2D eigenvalue weighted by atomic mass is 16.6. The van der Waals surface area contributed by atoms with E-state index in [1.54, 1.807) is 26.0 Å². The van der Waals surface area contributed by atoms with E-state index in [0.717, 1.165) is 0 Å². The van der Waals surface area contributed by atoms with Gasteiger partial charge in [0.2, 0.25) is 6.29 Å². The molecule has 0 saturated heterocycles. The highest BCUT2D eigenvalue weighted by Crippen LogP contribution is 2.07.